The average molecular weight is 257 g/mol. The molecule has 0 amide bonds. The van der Waals surface area contributed by atoms with Gasteiger partial charge in [0.15, 0.2) is 0 Å². The normalized spacial score (nSPS) is 34.8. The minimum absolute atomic E-state index is 0.603. The summed E-state index contributed by atoms with van der Waals surface area (Å²) in [5, 5.41) is 3.96. The van der Waals surface area contributed by atoms with E-state index in [1.54, 1.807) is 11.1 Å². The lowest BCUT2D eigenvalue weighted by atomic mass is 9.80. The van der Waals surface area contributed by atoms with Crippen LogP contribution >= 0.6 is 0 Å². The molecule has 1 nitrogen and oxygen atoms in total. The summed E-state index contributed by atoms with van der Waals surface area (Å²) in [5.74, 6) is 1.68. The second kappa shape index (κ2) is 5.66. The van der Waals surface area contributed by atoms with E-state index in [1.165, 1.54) is 38.5 Å². The van der Waals surface area contributed by atoms with E-state index in [9.17, 15) is 0 Å². The molecule has 2 atom stereocenters. The van der Waals surface area contributed by atoms with Crippen LogP contribution < -0.4 is 5.32 Å². The number of hydrogen-bond donors (Lipinski definition) is 1. The average Bonchev–Trinajstić information content (AvgIpc) is 2.45. The number of nitrogens with one attached hydrogen (secondary N) is 1. The van der Waals surface area contributed by atoms with Gasteiger partial charge in [0.25, 0.3) is 0 Å². The third-order valence-electron chi connectivity index (χ3n) is 5.24. The Morgan fingerprint density at radius 1 is 0.842 bits per heavy atom. The summed E-state index contributed by atoms with van der Waals surface area (Å²) in [6.07, 6.45) is 8.19. The zero-order valence-electron chi connectivity index (χ0n) is 12.4. The van der Waals surface area contributed by atoms with Crippen LogP contribution in [0.4, 0.5) is 0 Å². The summed E-state index contributed by atoms with van der Waals surface area (Å²) in [5.41, 5.74) is 3.15. The molecule has 0 aromatic heterocycles. The summed E-state index contributed by atoms with van der Waals surface area (Å²) >= 11 is 0. The molecular weight excluding hydrogens is 230 g/mol. The van der Waals surface area contributed by atoms with E-state index < -0.39 is 0 Å². The van der Waals surface area contributed by atoms with E-state index in [-0.39, 0.29) is 0 Å². The highest BCUT2D eigenvalue weighted by molar-refractivity contribution is 5.35. The van der Waals surface area contributed by atoms with E-state index in [2.05, 4.69) is 43.4 Å². The van der Waals surface area contributed by atoms with Crippen LogP contribution in [0.1, 0.15) is 75.5 Å². The van der Waals surface area contributed by atoms with Gasteiger partial charge in [0.1, 0.15) is 0 Å². The molecule has 0 bridgehead atoms. The largest absolute Gasteiger partial charge is 0.307 e. The Morgan fingerprint density at radius 2 is 1.53 bits per heavy atom. The first-order chi connectivity index (χ1) is 9.24. The number of hydrogen-bond acceptors (Lipinski definition) is 1. The molecule has 0 aliphatic heterocycles. The third-order valence-corrected chi connectivity index (χ3v) is 5.24. The van der Waals surface area contributed by atoms with Crippen molar-refractivity contribution in [2.24, 2.45) is 5.92 Å². The molecule has 1 aromatic rings. The molecule has 3 rings (SSSR count). The molecule has 0 saturated heterocycles. The Kier molecular flexibility index (Phi) is 3.93. The second-order valence-corrected chi connectivity index (χ2v) is 6.78. The Balaban J connectivity index is 1.70. The van der Waals surface area contributed by atoms with Crippen LogP contribution in [0.15, 0.2) is 24.3 Å². The van der Waals surface area contributed by atoms with E-state index in [1.807, 2.05) is 0 Å². The quantitative estimate of drug-likeness (QED) is 0.803. The van der Waals surface area contributed by atoms with Crippen LogP contribution in [0, 0.1) is 5.92 Å². The maximum Gasteiger partial charge on any atom is 0.0325 e. The highest BCUT2D eigenvalue weighted by Crippen LogP contribution is 2.38. The van der Waals surface area contributed by atoms with Crippen LogP contribution in [-0.2, 0) is 0 Å². The van der Waals surface area contributed by atoms with Gasteiger partial charge >= 0.3 is 0 Å². The highest BCUT2D eigenvalue weighted by Gasteiger charge is 2.27. The molecule has 0 heterocycles. The SMILES string of the molecule is CC1CCC(NC2CCC(C)c3ccccc32)CC1. The van der Waals surface area contributed by atoms with Crippen molar-refractivity contribution in [2.75, 3.05) is 0 Å². The third kappa shape index (κ3) is 2.86. The van der Waals surface area contributed by atoms with E-state index in [0.29, 0.717) is 6.04 Å². The van der Waals surface area contributed by atoms with Crippen molar-refractivity contribution >= 4 is 0 Å². The zero-order chi connectivity index (χ0) is 13.2. The fourth-order valence-corrected chi connectivity index (χ4v) is 3.89. The summed E-state index contributed by atoms with van der Waals surface area (Å²) < 4.78 is 0. The summed E-state index contributed by atoms with van der Waals surface area (Å²) in [4.78, 5) is 0. The van der Waals surface area contributed by atoms with E-state index >= 15 is 0 Å². The van der Waals surface area contributed by atoms with E-state index in [0.717, 1.165) is 17.9 Å². The standard InChI is InChI=1S/C18H27N/c1-13-7-10-15(11-8-13)19-18-12-9-14(2)16-5-3-4-6-17(16)18/h3-6,13-15,18-19H,7-12H2,1-2H3. The topological polar surface area (TPSA) is 12.0 Å². The van der Waals surface area contributed by atoms with Crippen molar-refractivity contribution in [3.8, 4) is 0 Å². The van der Waals surface area contributed by atoms with Gasteiger partial charge in [-0.1, -0.05) is 38.1 Å². The molecule has 2 aliphatic rings. The van der Waals surface area contributed by atoms with Gasteiger partial charge in [-0.15, -0.1) is 0 Å². The Labute approximate surface area is 117 Å². The molecule has 2 unspecified atom stereocenters. The predicted molar refractivity (Wildman–Crippen MR) is 81.4 cm³/mol. The summed E-state index contributed by atoms with van der Waals surface area (Å²) in [7, 11) is 0. The fraction of sp³-hybridized carbons (Fsp3) is 0.667. The Morgan fingerprint density at radius 3 is 2.26 bits per heavy atom. The lowest BCUT2D eigenvalue weighted by Crippen LogP contribution is -2.37. The first-order valence-corrected chi connectivity index (χ1v) is 8.09. The molecule has 1 aromatic carbocycles. The smallest absolute Gasteiger partial charge is 0.0325 e. The van der Waals surface area contributed by atoms with Crippen LogP contribution in [0.2, 0.25) is 0 Å². The molecule has 1 heteroatoms. The maximum atomic E-state index is 3.96. The van der Waals surface area contributed by atoms with Crippen LogP contribution in [0.5, 0.6) is 0 Å². The molecule has 0 spiro atoms. The fourth-order valence-electron chi connectivity index (χ4n) is 3.89. The van der Waals surface area contributed by atoms with Crippen molar-refractivity contribution in [1.29, 1.82) is 0 Å². The maximum absolute atomic E-state index is 3.96. The first-order valence-electron chi connectivity index (χ1n) is 8.09. The molecule has 1 fully saturated rings. The van der Waals surface area contributed by atoms with E-state index in [4.69, 9.17) is 0 Å². The van der Waals surface area contributed by atoms with Gasteiger partial charge in [0, 0.05) is 12.1 Å². The Bertz CT molecular complexity index is 417. The molecule has 1 saturated carbocycles. The number of fused-ring (bicyclic) bond motifs is 1. The van der Waals surface area contributed by atoms with Crippen LogP contribution in [-0.4, -0.2) is 6.04 Å². The van der Waals surface area contributed by atoms with Gasteiger partial charge in [0.2, 0.25) is 0 Å². The molecular formula is C18H27N. The van der Waals surface area contributed by atoms with Crippen molar-refractivity contribution in [3.05, 3.63) is 35.4 Å². The number of rotatable bonds is 2. The molecule has 1 N–H and O–H groups in total. The highest BCUT2D eigenvalue weighted by atomic mass is 15.0. The van der Waals surface area contributed by atoms with Crippen molar-refractivity contribution in [3.63, 3.8) is 0 Å². The van der Waals surface area contributed by atoms with Gasteiger partial charge in [-0.3, -0.25) is 0 Å². The van der Waals surface area contributed by atoms with Crippen LogP contribution in [0.3, 0.4) is 0 Å². The predicted octanol–water partition coefficient (Wildman–Crippen LogP) is 4.79. The first kappa shape index (κ1) is 13.2. The van der Waals surface area contributed by atoms with Crippen molar-refractivity contribution in [2.45, 2.75) is 70.4 Å². The van der Waals surface area contributed by atoms with Crippen LogP contribution in [0.25, 0.3) is 0 Å². The van der Waals surface area contributed by atoms with Gasteiger partial charge in [-0.05, 0) is 61.5 Å². The molecule has 19 heavy (non-hydrogen) atoms. The van der Waals surface area contributed by atoms with Gasteiger partial charge < -0.3 is 5.32 Å². The number of benzene rings is 1. The minimum atomic E-state index is 0.603. The lowest BCUT2D eigenvalue weighted by molar-refractivity contribution is 0.274. The van der Waals surface area contributed by atoms with Gasteiger partial charge in [0.05, 0.1) is 0 Å². The molecule has 2 aliphatic carbocycles. The lowest BCUT2D eigenvalue weighted by Gasteiger charge is -2.35. The van der Waals surface area contributed by atoms with Gasteiger partial charge in [-0.25, -0.2) is 0 Å². The zero-order valence-corrected chi connectivity index (χ0v) is 12.4. The second-order valence-electron chi connectivity index (χ2n) is 6.78. The molecule has 104 valence electrons. The summed E-state index contributed by atoms with van der Waals surface area (Å²) in [6.45, 7) is 4.77. The van der Waals surface area contributed by atoms with Crippen molar-refractivity contribution in [1.82, 2.24) is 5.32 Å². The monoisotopic (exact) mass is 257 g/mol. The van der Waals surface area contributed by atoms with Gasteiger partial charge in [-0.2, -0.15) is 0 Å². The minimum Gasteiger partial charge on any atom is -0.307 e. The Hall–Kier alpha value is -0.820. The molecule has 0 radical (unpaired) electrons. The summed E-state index contributed by atoms with van der Waals surface area (Å²) in [6, 6.07) is 10.4. The van der Waals surface area contributed by atoms with Crippen molar-refractivity contribution < 1.29 is 0 Å².